The smallest absolute Gasteiger partial charge is 0.330 e. The lowest BCUT2D eigenvalue weighted by molar-refractivity contribution is -0.108. The van der Waals surface area contributed by atoms with Crippen LogP contribution in [-0.2, 0) is 16.0 Å². The largest absolute Gasteiger partial charge is 0.356 e. The lowest BCUT2D eigenvalue weighted by atomic mass is 10.4. The van der Waals surface area contributed by atoms with Gasteiger partial charge in [-0.3, -0.25) is 14.2 Å². The Balaban J connectivity index is 2.70. The van der Waals surface area contributed by atoms with Gasteiger partial charge in [0.15, 0.2) is 6.29 Å². The maximum Gasteiger partial charge on any atom is 0.330 e. The van der Waals surface area contributed by atoms with E-state index in [-0.39, 0.29) is 0 Å². The molecule has 0 aliphatic carbocycles. The average molecular weight is 215 g/mol. The van der Waals surface area contributed by atoms with Crippen molar-refractivity contribution in [2.24, 2.45) is 0 Å². The average Bonchev–Trinajstić information content (AvgIpc) is 2.25. The first-order chi connectivity index (χ1) is 7.19. The van der Waals surface area contributed by atoms with Gasteiger partial charge in [0.25, 0.3) is 0 Å². The van der Waals surface area contributed by atoms with Crippen LogP contribution in [-0.4, -0.2) is 35.3 Å². The first-order valence-corrected chi connectivity index (χ1v) is 4.38. The van der Waals surface area contributed by atoms with Crippen molar-refractivity contribution in [3.8, 4) is 0 Å². The van der Waals surface area contributed by atoms with Crippen molar-refractivity contribution in [3.05, 3.63) is 27.0 Å². The monoisotopic (exact) mass is 215 g/mol. The molecule has 0 aliphatic rings. The van der Waals surface area contributed by atoms with Crippen molar-refractivity contribution < 1.29 is 9.47 Å². The van der Waals surface area contributed by atoms with Crippen LogP contribution in [0.15, 0.2) is 15.9 Å². The van der Waals surface area contributed by atoms with Crippen LogP contribution in [0.1, 0.15) is 6.42 Å². The van der Waals surface area contributed by atoms with Crippen molar-refractivity contribution in [1.82, 2.24) is 14.8 Å². The van der Waals surface area contributed by atoms with Crippen molar-refractivity contribution >= 4 is 0 Å². The summed E-state index contributed by atoms with van der Waals surface area (Å²) in [6.07, 6.45) is 1.35. The molecule has 0 unspecified atom stereocenters. The number of hydrogen-bond donors (Lipinski definition) is 1. The molecule has 7 nitrogen and oxygen atoms in total. The molecule has 0 aliphatic heterocycles. The molecule has 0 aromatic carbocycles. The predicted octanol–water partition coefficient (Wildman–Crippen LogP) is -1.06. The molecule has 15 heavy (non-hydrogen) atoms. The fourth-order valence-corrected chi connectivity index (χ4v) is 1.12. The fraction of sp³-hybridized carbons (Fsp3) is 0.625. The second-order valence-corrected chi connectivity index (χ2v) is 2.87. The van der Waals surface area contributed by atoms with E-state index in [2.05, 4.69) is 10.2 Å². The standard InChI is InChI=1S/C8H13N3O4/c1-14-6(15-2)3-4-11-5-9-10-7(12)8(11)13/h5-6H,3-4H2,1-2H3,(H,10,12). The number of H-pyrrole nitrogens is 1. The number of rotatable bonds is 5. The Morgan fingerprint density at radius 3 is 2.73 bits per heavy atom. The van der Waals surface area contributed by atoms with E-state index in [0.717, 1.165) is 0 Å². The molecule has 0 amide bonds. The maximum atomic E-state index is 11.3. The number of hydrogen-bond acceptors (Lipinski definition) is 5. The Bertz CT molecular complexity index is 407. The first kappa shape index (κ1) is 11.6. The molecular formula is C8H13N3O4. The molecule has 1 aromatic heterocycles. The lowest BCUT2D eigenvalue weighted by Crippen LogP contribution is -2.37. The Hall–Kier alpha value is -1.47. The third-order valence-electron chi connectivity index (χ3n) is 1.95. The summed E-state index contributed by atoms with van der Waals surface area (Å²) in [4.78, 5) is 22.2. The minimum Gasteiger partial charge on any atom is -0.356 e. The highest BCUT2D eigenvalue weighted by molar-refractivity contribution is 4.74. The van der Waals surface area contributed by atoms with Crippen LogP contribution in [0.25, 0.3) is 0 Å². The Morgan fingerprint density at radius 2 is 2.13 bits per heavy atom. The Kier molecular flexibility index (Phi) is 4.19. The van der Waals surface area contributed by atoms with Gasteiger partial charge in [-0.25, -0.2) is 5.10 Å². The van der Waals surface area contributed by atoms with Gasteiger partial charge in [-0.1, -0.05) is 0 Å². The minimum atomic E-state index is -0.733. The van der Waals surface area contributed by atoms with Gasteiger partial charge in [-0.2, -0.15) is 5.10 Å². The fourth-order valence-electron chi connectivity index (χ4n) is 1.12. The number of aryl methyl sites for hydroxylation is 1. The summed E-state index contributed by atoms with van der Waals surface area (Å²) >= 11 is 0. The molecule has 1 rings (SSSR count). The van der Waals surface area contributed by atoms with Crippen LogP contribution in [0, 0.1) is 0 Å². The number of nitrogens with one attached hydrogen (secondary N) is 1. The molecule has 1 aromatic rings. The van der Waals surface area contributed by atoms with E-state index in [1.807, 2.05) is 0 Å². The zero-order valence-electron chi connectivity index (χ0n) is 8.60. The van der Waals surface area contributed by atoms with Crippen LogP contribution >= 0.6 is 0 Å². The van der Waals surface area contributed by atoms with Gasteiger partial charge >= 0.3 is 11.1 Å². The van der Waals surface area contributed by atoms with Gasteiger partial charge in [0.05, 0.1) is 0 Å². The second-order valence-electron chi connectivity index (χ2n) is 2.87. The summed E-state index contributed by atoms with van der Waals surface area (Å²) in [5.74, 6) is 0. The van der Waals surface area contributed by atoms with Crippen molar-refractivity contribution in [3.63, 3.8) is 0 Å². The zero-order chi connectivity index (χ0) is 11.3. The van der Waals surface area contributed by atoms with Crippen LogP contribution in [0.5, 0.6) is 0 Å². The molecule has 1 N–H and O–H groups in total. The number of methoxy groups -OCH3 is 2. The minimum absolute atomic E-state index is 0.322. The quantitative estimate of drug-likeness (QED) is 0.500. The highest BCUT2D eigenvalue weighted by atomic mass is 16.7. The Morgan fingerprint density at radius 1 is 1.47 bits per heavy atom. The summed E-state index contributed by atoms with van der Waals surface area (Å²) in [7, 11) is 3.01. The van der Waals surface area contributed by atoms with Crippen molar-refractivity contribution in [1.29, 1.82) is 0 Å². The van der Waals surface area contributed by atoms with Crippen molar-refractivity contribution in [2.75, 3.05) is 14.2 Å². The third kappa shape index (κ3) is 3.00. The summed E-state index contributed by atoms with van der Waals surface area (Å²) < 4.78 is 11.1. The molecule has 1 heterocycles. The molecule has 0 spiro atoms. The van der Waals surface area contributed by atoms with Crippen molar-refractivity contribution in [2.45, 2.75) is 19.3 Å². The lowest BCUT2D eigenvalue weighted by Gasteiger charge is -2.13. The molecule has 0 saturated heterocycles. The van der Waals surface area contributed by atoms with Crippen LogP contribution in [0.4, 0.5) is 0 Å². The normalized spacial score (nSPS) is 10.9. The van der Waals surface area contributed by atoms with Gasteiger partial charge in [0.1, 0.15) is 6.33 Å². The molecule has 0 atom stereocenters. The summed E-state index contributed by atoms with van der Waals surface area (Å²) in [6.45, 7) is 0.322. The van der Waals surface area contributed by atoms with E-state index in [4.69, 9.17) is 9.47 Å². The Labute approximate surface area is 85.6 Å². The van der Waals surface area contributed by atoms with E-state index in [1.165, 1.54) is 25.1 Å². The van der Waals surface area contributed by atoms with E-state index < -0.39 is 17.4 Å². The molecule has 0 fully saturated rings. The predicted molar refractivity (Wildman–Crippen MR) is 51.5 cm³/mol. The summed E-state index contributed by atoms with van der Waals surface area (Å²) in [5.41, 5.74) is -1.36. The number of ether oxygens (including phenoxy) is 2. The zero-order valence-corrected chi connectivity index (χ0v) is 8.60. The maximum absolute atomic E-state index is 11.3. The van der Waals surface area contributed by atoms with E-state index in [0.29, 0.717) is 13.0 Å². The third-order valence-corrected chi connectivity index (χ3v) is 1.95. The molecule has 84 valence electrons. The van der Waals surface area contributed by atoms with Crippen LogP contribution in [0.2, 0.25) is 0 Å². The topological polar surface area (TPSA) is 86.2 Å². The SMILES string of the molecule is COC(CCn1cn[nH]c(=O)c1=O)OC. The summed E-state index contributed by atoms with van der Waals surface area (Å²) in [5, 5.41) is 5.57. The van der Waals surface area contributed by atoms with E-state index >= 15 is 0 Å². The van der Waals surface area contributed by atoms with Gasteiger partial charge < -0.3 is 9.47 Å². The van der Waals surface area contributed by atoms with Gasteiger partial charge in [0, 0.05) is 27.2 Å². The van der Waals surface area contributed by atoms with Gasteiger partial charge in [-0.15, -0.1) is 0 Å². The molecule has 0 bridgehead atoms. The number of aromatic nitrogens is 3. The summed E-state index contributed by atoms with van der Waals surface area (Å²) in [6, 6.07) is 0. The number of nitrogens with zero attached hydrogens (tertiary/aromatic N) is 2. The molecule has 0 radical (unpaired) electrons. The second kappa shape index (κ2) is 5.42. The number of aromatic amines is 1. The van der Waals surface area contributed by atoms with Crippen LogP contribution < -0.4 is 11.1 Å². The van der Waals surface area contributed by atoms with Gasteiger partial charge in [-0.05, 0) is 0 Å². The molecular weight excluding hydrogens is 202 g/mol. The first-order valence-electron chi connectivity index (χ1n) is 4.38. The van der Waals surface area contributed by atoms with E-state index in [9.17, 15) is 9.59 Å². The molecule has 7 heteroatoms. The van der Waals surface area contributed by atoms with Crippen LogP contribution in [0.3, 0.4) is 0 Å². The molecule has 0 saturated carbocycles. The highest BCUT2D eigenvalue weighted by Gasteiger charge is 2.06. The van der Waals surface area contributed by atoms with Gasteiger partial charge in [0.2, 0.25) is 0 Å². The van der Waals surface area contributed by atoms with E-state index in [1.54, 1.807) is 0 Å². The highest BCUT2D eigenvalue weighted by Crippen LogP contribution is 1.98.